The third kappa shape index (κ3) is 5.07. The van der Waals surface area contributed by atoms with Crippen molar-refractivity contribution in [1.29, 1.82) is 0 Å². The zero-order valence-electron chi connectivity index (χ0n) is 14.6. The molecule has 24 heavy (non-hydrogen) atoms. The lowest BCUT2D eigenvalue weighted by molar-refractivity contribution is -0.739. The second-order valence-electron chi connectivity index (χ2n) is 6.72. The van der Waals surface area contributed by atoms with Crippen molar-refractivity contribution >= 4 is 17.6 Å². The van der Waals surface area contributed by atoms with Gasteiger partial charge in [-0.25, -0.2) is 4.79 Å². The number of piperidine rings is 1. The van der Waals surface area contributed by atoms with Crippen molar-refractivity contribution in [1.82, 2.24) is 10.3 Å². The van der Waals surface area contributed by atoms with Gasteiger partial charge in [-0.3, -0.25) is 0 Å². The molecule has 0 spiro atoms. The minimum Gasteiger partial charge on any atom is -0.444 e. The highest BCUT2D eigenvalue weighted by molar-refractivity contribution is 5.68. The topological polar surface area (TPSA) is 83.8 Å². The van der Waals surface area contributed by atoms with Crippen molar-refractivity contribution in [2.24, 2.45) is 0 Å². The molecule has 0 unspecified atom stereocenters. The summed E-state index contributed by atoms with van der Waals surface area (Å²) in [6.45, 7) is 7.13. The third-order valence-corrected chi connectivity index (χ3v) is 3.67. The van der Waals surface area contributed by atoms with Gasteiger partial charge in [-0.05, 0) is 49.6 Å². The Balaban J connectivity index is 1.84. The van der Waals surface area contributed by atoms with Crippen LogP contribution in [0, 0.1) is 4.91 Å². The summed E-state index contributed by atoms with van der Waals surface area (Å²) >= 11 is 0. The fraction of sp³-hybridized carbons (Fsp3) is 0.625. The van der Waals surface area contributed by atoms with Crippen molar-refractivity contribution < 1.29 is 19.3 Å². The first-order chi connectivity index (χ1) is 11.3. The minimum atomic E-state index is -0.490. The normalized spacial score (nSPS) is 15.8. The number of nitrogens with one attached hydrogen (secondary N) is 1. The molecule has 2 rings (SSSR count). The number of hydrogen-bond acceptors (Lipinski definition) is 6. The maximum Gasteiger partial charge on any atom is 0.408 e. The first-order valence-electron chi connectivity index (χ1n) is 8.00. The Hall–Kier alpha value is -2.38. The number of carbonyl (C=O) groups excluding carboxylic acids is 1. The summed E-state index contributed by atoms with van der Waals surface area (Å²) in [5.41, 5.74) is 0.453. The summed E-state index contributed by atoms with van der Waals surface area (Å²) in [4.78, 5) is 34.3. The van der Waals surface area contributed by atoms with Gasteiger partial charge in [-0.15, -0.1) is 0 Å². The highest BCUT2D eigenvalue weighted by Gasteiger charge is 2.24. The molecule has 1 aliphatic heterocycles. The van der Waals surface area contributed by atoms with Crippen LogP contribution in [0.4, 0.5) is 16.3 Å². The molecule has 1 amide bonds. The third-order valence-electron chi connectivity index (χ3n) is 3.67. The van der Waals surface area contributed by atoms with E-state index < -0.39 is 5.60 Å². The molecular weight excluding hydrogens is 312 g/mol. The average molecular weight is 337 g/mol. The highest BCUT2D eigenvalue weighted by atomic mass is 16.8. The zero-order valence-corrected chi connectivity index (χ0v) is 14.6. The maximum atomic E-state index is 11.8. The van der Waals surface area contributed by atoms with Crippen LogP contribution in [0.1, 0.15) is 33.6 Å². The quantitative estimate of drug-likeness (QED) is 0.850. The number of pyridine rings is 1. The van der Waals surface area contributed by atoms with Crippen molar-refractivity contribution in [3.63, 3.8) is 0 Å². The number of hydrogen-bond donors (Lipinski definition) is 1. The van der Waals surface area contributed by atoms with Crippen LogP contribution in [-0.4, -0.2) is 47.8 Å². The first kappa shape index (κ1) is 18.0. The van der Waals surface area contributed by atoms with Crippen LogP contribution in [0.25, 0.3) is 0 Å². The largest absolute Gasteiger partial charge is 0.444 e. The van der Waals surface area contributed by atoms with Crippen LogP contribution < -0.4 is 10.2 Å². The number of anilines is 1. The Morgan fingerprint density at radius 3 is 2.50 bits per heavy atom. The second kappa shape index (κ2) is 7.46. The van der Waals surface area contributed by atoms with Crippen LogP contribution in [0.5, 0.6) is 0 Å². The van der Waals surface area contributed by atoms with Crippen molar-refractivity contribution in [3.8, 4) is 0 Å². The van der Waals surface area contributed by atoms with Crippen molar-refractivity contribution in [2.45, 2.75) is 45.3 Å². The van der Waals surface area contributed by atoms with Gasteiger partial charge in [-0.1, -0.05) is 0 Å². The predicted octanol–water partition coefficient (Wildman–Crippen LogP) is 2.55. The van der Waals surface area contributed by atoms with Gasteiger partial charge in [-0.2, -0.15) is 0 Å². The van der Waals surface area contributed by atoms with Crippen LogP contribution in [0.3, 0.4) is 0 Å². The number of nitrogens with zero attached hydrogens (tertiary/aromatic N) is 3. The minimum absolute atomic E-state index is 0.106. The lowest BCUT2D eigenvalue weighted by Gasteiger charge is -2.33. The summed E-state index contributed by atoms with van der Waals surface area (Å²) in [5.74, 6) is 0.211. The van der Waals surface area contributed by atoms with E-state index in [0.717, 1.165) is 31.6 Å². The summed E-state index contributed by atoms with van der Waals surface area (Å²) in [7, 11) is 1.30. The van der Waals surface area contributed by atoms with E-state index in [-0.39, 0.29) is 18.0 Å². The molecule has 8 heteroatoms. The summed E-state index contributed by atoms with van der Waals surface area (Å²) in [5, 5.41) is 2.91. The maximum absolute atomic E-state index is 11.8. The monoisotopic (exact) mass is 337 g/mol. The molecule has 1 saturated heterocycles. The Bertz CT molecular complexity index is 575. The summed E-state index contributed by atoms with van der Waals surface area (Å²) in [6, 6.07) is 3.57. The average Bonchev–Trinajstić information content (AvgIpc) is 2.53. The van der Waals surface area contributed by atoms with Crippen molar-refractivity contribution in [3.05, 3.63) is 23.2 Å². The summed E-state index contributed by atoms with van der Waals surface area (Å²) in [6.07, 6.45) is 2.93. The molecule has 0 atom stereocenters. The number of amides is 1. The van der Waals surface area contributed by atoms with E-state index in [1.807, 2.05) is 26.8 Å². The molecule has 0 saturated carbocycles. The van der Waals surface area contributed by atoms with Crippen molar-refractivity contribution in [2.75, 3.05) is 25.1 Å². The van der Waals surface area contributed by atoms with Gasteiger partial charge in [0.2, 0.25) is 0 Å². The van der Waals surface area contributed by atoms with E-state index in [0.29, 0.717) is 4.92 Å². The number of ether oxygens (including phenoxy) is 1. The van der Waals surface area contributed by atoms with Crippen LogP contribution in [-0.2, 0) is 9.57 Å². The molecule has 1 aliphatic rings. The Morgan fingerprint density at radius 1 is 1.33 bits per heavy atom. The SMILES string of the molecule is CO[N+](=O)c1ccc(N2CCC(NC(=O)OC(C)(C)C)CC2)cn1. The molecule has 2 heterocycles. The molecule has 0 radical (unpaired) electrons. The van der Waals surface area contributed by atoms with Crippen LogP contribution >= 0.6 is 0 Å². The van der Waals surface area contributed by atoms with Gasteiger partial charge < -0.3 is 19.8 Å². The molecule has 1 N–H and O–H groups in total. The predicted molar refractivity (Wildman–Crippen MR) is 89.1 cm³/mol. The second-order valence-corrected chi connectivity index (χ2v) is 6.72. The molecule has 132 valence electrons. The summed E-state index contributed by atoms with van der Waals surface area (Å²) < 4.78 is 5.28. The van der Waals surface area contributed by atoms with E-state index in [1.165, 1.54) is 7.11 Å². The number of aromatic nitrogens is 1. The lowest BCUT2D eigenvalue weighted by atomic mass is 10.0. The molecule has 0 bridgehead atoms. The molecule has 1 aromatic rings. The number of carbonyl (C=O) groups is 1. The Kier molecular flexibility index (Phi) is 5.58. The van der Waals surface area contributed by atoms with E-state index >= 15 is 0 Å². The van der Waals surface area contributed by atoms with E-state index in [4.69, 9.17) is 4.74 Å². The van der Waals surface area contributed by atoms with Gasteiger partial charge in [0, 0.05) is 25.2 Å². The number of alkyl carbamates (subject to hydrolysis) is 1. The van der Waals surface area contributed by atoms with Gasteiger partial charge in [0.05, 0.1) is 5.69 Å². The van der Waals surface area contributed by atoms with Crippen LogP contribution in [0.2, 0.25) is 0 Å². The molecule has 1 fully saturated rings. The van der Waals surface area contributed by atoms with E-state index in [2.05, 4.69) is 20.0 Å². The van der Waals surface area contributed by atoms with E-state index in [9.17, 15) is 9.70 Å². The Morgan fingerprint density at radius 2 is 2.00 bits per heavy atom. The number of rotatable bonds is 4. The van der Waals surface area contributed by atoms with Gasteiger partial charge in [0.1, 0.15) is 12.7 Å². The van der Waals surface area contributed by atoms with E-state index in [1.54, 1.807) is 12.3 Å². The molecule has 0 aliphatic carbocycles. The highest BCUT2D eigenvalue weighted by Crippen LogP contribution is 2.21. The Labute approximate surface area is 141 Å². The fourth-order valence-electron chi connectivity index (χ4n) is 2.52. The van der Waals surface area contributed by atoms with Gasteiger partial charge in [0.15, 0.2) is 11.1 Å². The zero-order chi connectivity index (χ0) is 17.7. The standard InChI is InChI=1S/C16H24N4O4/c1-16(2,3)24-15(21)18-12-7-9-19(10-8-12)13-5-6-14(17-11-13)20(22)23-4/h5-6,11-12H,7-10H2,1-4H3/p+1. The molecule has 1 aromatic heterocycles. The fourth-order valence-corrected chi connectivity index (χ4v) is 2.52. The lowest BCUT2D eigenvalue weighted by Crippen LogP contribution is -2.46. The van der Waals surface area contributed by atoms with Gasteiger partial charge >= 0.3 is 11.9 Å². The molecule has 0 aromatic carbocycles. The first-order valence-corrected chi connectivity index (χ1v) is 8.00. The van der Waals surface area contributed by atoms with Gasteiger partial charge in [0.25, 0.3) is 0 Å². The molecular formula is C16H25N4O4+. The molecule has 8 nitrogen and oxygen atoms in total. The van der Waals surface area contributed by atoms with Crippen LogP contribution in [0.15, 0.2) is 18.3 Å². The smallest absolute Gasteiger partial charge is 0.408 e.